The molecule has 3 aromatic rings. The summed E-state index contributed by atoms with van der Waals surface area (Å²) in [5.41, 5.74) is 4.44. The number of anilines is 1. The first-order valence-corrected chi connectivity index (χ1v) is 8.38. The highest BCUT2D eigenvalue weighted by Crippen LogP contribution is 2.21. The third-order valence-corrected chi connectivity index (χ3v) is 4.32. The van der Waals surface area contributed by atoms with Crippen molar-refractivity contribution in [3.8, 4) is 0 Å². The Morgan fingerprint density at radius 1 is 1.20 bits per heavy atom. The topological polar surface area (TPSA) is 64.7 Å². The van der Waals surface area contributed by atoms with Crippen LogP contribution in [0.3, 0.4) is 0 Å². The lowest BCUT2D eigenvalue weighted by molar-refractivity contribution is -0.116. The van der Waals surface area contributed by atoms with Crippen molar-refractivity contribution in [2.24, 2.45) is 0 Å². The summed E-state index contributed by atoms with van der Waals surface area (Å²) in [6.45, 7) is 6.52. The Bertz CT molecular complexity index is 912. The lowest BCUT2D eigenvalue weighted by atomic mass is 10.2. The minimum absolute atomic E-state index is 0.125. The van der Waals surface area contributed by atoms with Crippen LogP contribution in [0.2, 0.25) is 5.02 Å². The van der Waals surface area contributed by atoms with E-state index in [9.17, 15) is 4.79 Å². The van der Waals surface area contributed by atoms with Crippen LogP contribution in [0.1, 0.15) is 22.6 Å². The van der Waals surface area contributed by atoms with Crippen LogP contribution in [-0.2, 0) is 17.9 Å². The van der Waals surface area contributed by atoms with E-state index in [4.69, 9.17) is 11.6 Å². The van der Waals surface area contributed by atoms with Gasteiger partial charge in [0, 0.05) is 16.9 Å². The van der Waals surface area contributed by atoms with Gasteiger partial charge in [0.15, 0.2) is 0 Å². The van der Waals surface area contributed by atoms with Gasteiger partial charge in [0.1, 0.15) is 6.54 Å². The summed E-state index contributed by atoms with van der Waals surface area (Å²) in [6, 6.07) is 9.54. The minimum Gasteiger partial charge on any atom is -0.321 e. The number of hydrogen-bond acceptors (Lipinski definition) is 3. The fraction of sp³-hybridized carbons (Fsp3) is 0.278. The van der Waals surface area contributed by atoms with Crippen LogP contribution < -0.4 is 5.32 Å². The molecule has 0 aliphatic heterocycles. The average Bonchev–Trinajstić information content (AvgIpc) is 3.06. The molecule has 0 saturated heterocycles. The Morgan fingerprint density at radius 3 is 2.68 bits per heavy atom. The predicted octanol–water partition coefficient (Wildman–Crippen LogP) is 3.35. The molecule has 2 heterocycles. The summed E-state index contributed by atoms with van der Waals surface area (Å²) < 4.78 is 3.53. The first kappa shape index (κ1) is 17.2. The van der Waals surface area contributed by atoms with E-state index >= 15 is 0 Å². The summed E-state index contributed by atoms with van der Waals surface area (Å²) in [5, 5.41) is 12.3. The van der Waals surface area contributed by atoms with E-state index in [0.717, 1.165) is 28.3 Å². The quantitative estimate of drug-likeness (QED) is 0.761. The Balaban J connectivity index is 1.75. The lowest BCUT2D eigenvalue weighted by Crippen LogP contribution is -2.21. The van der Waals surface area contributed by atoms with Gasteiger partial charge in [0.05, 0.1) is 23.6 Å². The molecule has 2 aromatic heterocycles. The van der Waals surface area contributed by atoms with Gasteiger partial charge in [-0.2, -0.15) is 10.2 Å². The Labute approximate surface area is 151 Å². The molecule has 130 valence electrons. The van der Waals surface area contributed by atoms with E-state index in [1.807, 2.05) is 55.8 Å². The molecule has 0 bridgehead atoms. The summed E-state index contributed by atoms with van der Waals surface area (Å²) in [7, 11) is 0. The van der Waals surface area contributed by atoms with Crippen molar-refractivity contribution in [3.05, 3.63) is 64.2 Å². The van der Waals surface area contributed by atoms with Crippen LogP contribution in [0.25, 0.3) is 0 Å². The van der Waals surface area contributed by atoms with E-state index < -0.39 is 0 Å². The Morgan fingerprint density at radius 2 is 2.00 bits per heavy atom. The van der Waals surface area contributed by atoms with Crippen molar-refractivity contribution in [3.63, 3.8) is 0 Å². The first-order chi connectivity index (χ1) is 11.9. The highest BCUT2D eigenvalue weighted by Gasteiger charge is 2.15. The monoisotopic (exact) mass is 357 g/mol. The van der Waals surface area contributed by atoms with Crippen molar-refractivity contribution in [2.75, 3.05) is 5.32 Å². The van der Waals surface area contributed by atoms with Gasteiger partial charge in [-0.05, 0) is 44.5 Å². The average molecular weight is 358 g/mol. The highest BCUT2D eigenvalue weighted by atomic mass is 35.5. The van der Waals surface area contributed by atoms with Crippen molar-refractivity contribution in [1.82, 2.24) is 19.6 Å². The Hall–Kier alpha value is -2.60. The van der Waals surface area contributed by atoms with Crippen molar-refractivity contribution in [2.45, 2.75) is 33.9 Å². The highest BCUT2D eigenvalue weighted by molar-refractivity contribution is 6.30. The second kappa shape index (κ2) is 7.11. The van der Waals surface area contributed by atoms with E-state index in [-0.39, 0.29) is 12.5 Å². The standard InChI is InChI=1S/C18H20ClN5O/c1-12-7-8-20-23(12)11-17(25)21-18-13(2)22-24(14(18)3)10-15-5-4-6-16(19)9-15/h4-9H,10-11H2,1-3H3,(H,21,25). The van der Waals surface area contributed by atoms with Crippen LogP contribution >= 0.6 is 11.6 Å². The molecule has 25 heavy (non-hydrogen) atoms. The number of nitrogens with one attached hydrogen (secondary N) is 1. The van der Waals surface area contributed by atoms with Gasteiger partial charge in [-0.25, -0.2) is 0 Å². The summed E-state index contributed by atoms with van der Waals surface area (Å²) in [6.07, 6.45) is 1.68. The molecule has 0 spiro atoms. The van der Waals surface area contributed by atoms with E-state index in [0.29, 0.717) is 11.6 Å². The molecular formula is C18H20ClN5O. The molecule has 0 aliphatic rings. The second-order valence-corrected chi connectivity index (χ2v) is 6.45. The summed E-state index contributed by atoms with van der Waals surface area (Å²) >= 11 is 6.04. The van der Waals surface area contributed by atoms with Gasteiger partial charge in [0.2, 0.25) is 5.91 Å². The van der Waals surface area contributed by atoms with Crippen LogP contribution in [0.4, 0.5) is 5.69 Å². The zero-order valence-corrected chi connectivity index (χ0v) is 15.2. The molecule has 0 radical (unpaired) electrons. The number of rotatable bonds is 5. The number of carbonyl (C=O) groups excluding carboxylic acids is 1. The van der Waals surface area contributed by atoms with Gasteiger partial charge in [0.25, 0.3) is 0 Å². The molecule has 7 heteroatoms. The zero-order chi connectivity index (χ0) is 18.0. The largest absolute Gasteiger partial charge is 0.321 e. The van der Waals surface area contributed by atoms with Gasteiger partial charge in [-0.15, -0.1) is 0 Å². The lowest BCUT2D eigenvalue weighted by Gasteiger charge is -2.08. The van der Waals surface area contributed by atoms with Gasteiger partial charge >= 0.3 is 0 Å². The maximum absolute atomic E-state index is 12.3. The third-order valence-electron chi connectivity index (χ3n) is 4.09. The van der Waals surface area contributed by atoms with Crippen molar-refractivity contribution < 1.29 is 4.79 Å². The van der Waals surface area contributed by atoms with Crippen LogP contribution in [0.5, 0.6) is 0 Å². The molecule has 1 amide bonds. The van der Waals surface area contributed by atoms with Gasteiger partial charge in [-0.3, -0.25) is 14.2 Å². The van der Waals surface area contributed by atoms with Crippen LogP contribution in [0, 0.1) is 20.8 Å². The maximum Gasteiger partial charge on any atom is 0.246 e. The molecule has 6 nitrogen and oxygen atoms in total. The van der Waals surface area contributed by atoms with Crippen molar-refractivity contribution in [1.29, 1.82) is 0 Å². The van der Waals surface area contributed by atoms with E-state index in [1.54, 1.807) is 10.9 Å². The minimum atomic E-state index is -0.125. The number of carbonyl (C=O) groups is 1. The number of aromatic nitrogens is 4. The number of hydrogen-bond donors (Lipinski definition) is 1. The van der Waals surface area contributed by atoms with Crippen LogP contribution in [0.15, 0.2) is 36.5 Å². The first-order valence-electron chi connectivity index (χ1n) is 8.01. The molecule has 0 fully saturated rings. The summed E-state index contributed by atoms with van der Waals surface area (Å²) in [5.74, 6) is -0.125. The molecule has 1 aromatic carbocycles. The molecule has 0 saturated carbocycles. The fourth-order valence-electron chi connectivity index (χ4n) is 2.72. The molecule has 3 rings (SSSR count). The molecule has 0 atom stereocenters. The molecular weight excluding hydrogens is 338 g/mol. The molecule has 1 N–H and O–H groups in total. The Kier molecular flexibility index (Phi) is 4.90. The van der Waals surface area contributed by atoms with Crippen molar-refractivity contribution >= 4 is 23.2 Å². The number of aryl methyl sites for hydroxylation is 2. The maximum atomic E-state index is 12.3. The number of halogens is 1. The smallest absolute Gasteiger partial charge is 0.246 e. The summed E-state index contributed by atoms with van der Waals surface area (Å²) in [4.78, 5) is 12.3. The van der Waals surface area contributed by atoms with Gasteiger partial charge < -0.3 is 5.32 Å². The van der Waals surface area contributed by atoms with Gasteiger partial charge in [-0.1, -0.05) is 23.7 Å². The van der Waals surface area contributed by atoms with E-state index in [2.05, 4.69) is 15.5 Å². The number of nitrogens with zero attached hydrogens (tertiary/aromatic N) is 4. The zero-order valence-electron chi connectivity index (χ0n) is 14.5. The predicted molar refractivity (Wildman–Crippen MR) is 97.8 cm³/mol. The number of amides is 1. The molecule has 0 unspecified atom stereocenters. The third kappa shape index (κ3) is 3.91. The number of benzene rings is 1. The normalized spacial score (nSPS) is 10.9. The fourth-order valence-corrected chi connectivity index (χ4v) is 2.93. The van der Waals surface area contributed by atoms with Crippen LogP contribution in [-0.4, -0.2) is 25.5 Å². The SMILES string of the molecule is Cc1nn(Cc2cccc(Cl)c2)c(C)c1NC(=O)Cn1nccc1C. The van der Waals surface area contributed by atoms with E-state index in [1.165, 1.54) is 0 Å². The second-order valence-electron chi connectivity index (χ2n) is 6.01. The molecule has 0 aliphatic carbocycles.